The van der Waals surface area contributed by atoms with Crippen LogP contribution in [0.25, 0.3) is 0 Å². The highest BCUT2D eigenvalue weighted by Gasteiger charge is 2.31. The van der Waals surface area contributed by atoms with E-state index in [-0.39, 0.29) is 12.3 Å². The van der Waals surface area contributed by atoms with Gasteiger partial charge in [0.1, 0.15) is 0 Å². The molecule has 0 radical (unpaired) electrons. The molecular weight excluding hydrogens is 284 g/mol. The maximum Gasteiger partial charge on any atom is 0.210 e. The summed E-state index contributed by atoms with van der Waals surface area (Å²) in [6, 6.07) is 10.3. The fourth-order valence-electron chi connectivity index (χ4n) is 2.66. The molecule has 1 N–H and O–H groups in total. The van der Waals surface area contributed by atoms with E-state index >= 15 is 0 Å². The Morgan fingerprint density at radius 1 is 1.19 bits per heavy atom. The zero-order valence-corrected chi connectivity index (χ0v) is 13.8. The normalized spacial score (nSPS) is 18.0. The highest BCUT2D eigenvalue weighted by Crippen LogP contribution is 2.33. The fourth-order valence-corrected chi connectivity index (χ4v) is 3.14. The van der Waals surface area contributed by atoms with E-state index in [1.807, 2.05) is 18.2 Å². The third-order valence-electron chi connectivity index (χ3n) is 4.06. The van der Waals surface area contributed by atoms with E-state index in [0.29, 0.717) is 0 Å². The Kier molecular flexibility index (Phi) is 7.68. The molecule has 1 unspecified atom stereocenters. The van der Waals surface area contributed by atoms with Crippen LogP contribution in [0.15, 0.2) is 30.3 Å². The lowest BCUT2D eigenvalue weighted by molar-refractivity contribution is -0.00866. The summed E-state index contributed by atoms with van der Waals surface area (Å²) in [6.07, 6.45) is 5.83. The van der Waals surface area contributed by atoms with Gasteiger partial charge in [0.05, 0.1) is 5.60 Å². The van der Waals surface area contributed by atoms with Gasteiger partial charge in [0, 0.05) is 11.8 Å². The van der Waals surface area contributed by atoms with E-state index < -0.39 is 15.9 Å². The maximum atomic E-state index is 10.4. The van der Waals surface area contributed by atoms with Gasteiger partial charge in [-0.2, -0.15) is 8.42 Å². The average Bonchev–Trinajstić information content (AvgIpc) is 2.48. The Labute approximate surface area is 129 Å². The lowest BCUT2D eigenvalue weighted by atomic mass is 9.77. The SMILES string of the molecule is CC(O)(CC=S(=O)=O)C1CCCCC1.Cc1ccccc1. The molecule has 0 spiro atoms. The lowest BCUT2D eigenvalue weighted by Crippen LogP contribution is -2.36. The Morgan fingerprint density at radius 2 is 1.76 bits per heavy atom. The van der Waals surface area contributed by atoms with Crippen molar-refractivity contribution in [2.24, 2.45) is 5.92 Å². The number of hydrogen-bond donors (Lipinski definition) is 1. The number of aliphatic hydroxyl groups is 1. The Bertz CT molecular complexity index is 518. The molecule has 0 bridgehead atoms. The molecular formula is C17H26O3S. The van der Waals surface area contributed by atoms with Crippen LogP contribution < -0.4 is 0 Å². The first-order chi connectivity index (χ1) is 9.92. The molecule has 1 atom stereocenters. The van der Waals surface area contributed by atoms with Crippen LogP contribution in [0.1, 0.15) is 51.0 Å². The average molecular weight is 310 g/mol. The summed E-state index contributed by atoms with van der Waals surface area (Å²) in [5.41, 5.74) is 0.475. The topological polar surface area (TPSA) is 54.4 Å². The summed E-state index contributed by atoms with van der Waals surface area (Å²) >= 11 is 0. The second-order valence-corrected chi connectivity index (χ2v) is 6.83. The second kappa shape index (κ2) is 9.00. The molecule has 0 aliphatic heterocycles. The van der Waals surface area contributed by atoms with Gasteiger partial charge in [-0.15, -0.1) is 0 Å². The molecule has 0 saturated heterocycles. The molecule has 1 saturated carbocycles. The first-order valence-corrected chi connectivity index (χ1v) is 8.71. The second-order valence-electron chi connectivity index (χ2n) is 5.98. The van der Waals surface area contributed by atoms with Gasteiger partial charge in [-0.1, -0.05) is 55.2 Å². The number of aryl methyl sites for hydroxylation is 1. The van der Waals surface area contributed by atoms with Crippen LogP contribution in [0.3, 0.4) is 0 Å². The first-order valence-electron chi connectivity index (χ1n) is 7.57. The van der Waals surface area contributed by atoms with Crippen LogP contribution in [0.5, 0.6) is 0 Å². The highest BCUT2D eigenvalue weighted by molar-refractivity contribution is 7.71. The van der Waals surface area contributed by atoms with E-state index in [2.05, 4.69) is 19.1 Å². The van der Waals surface area contributed by atoms with Crippen molar-refractivity contribution in [1.29, 1.82) is 0 Å². The summed E-state index contributed by atoms with van der Waals surface area (Å²) in [5.74, 6) is 0.260. The molecule has 1 aromatic carbocycles. The molecule has 0 amide bonds. The summed E-state index contributed by atoms with van der Waals surface area (Å²) in [5, 5.41) is 11.2. The molecule has 21 heavy (non-hydrogen) atoms. The molecule has 118 valence electrons. The van der Waals surface area contributed by atoms with Crippen molar-refractivity contribution in [3.05, 3.63) is 35.9 Å². The number of benzene rings is 1. The molecule has 1 aliphatic rings. The predicted octanol–water partition coefficient (Wildman–Crippen LogP) is 3.38. The third kappa shape index (κ3) is 7.44. The molecule has 4 heteroatoms. The van der Waals surface area contributed by atoms with Gasteiger partial charge < -0.3 is 5.11 Å². The fraction of sp³-hybridized carbons (Fsp3) is 0.588. The van der Waals surface area contributed by atoms with Crippen LogP contribution in [0.2, 0.25) is 0 Å². The van der Waals surface area contributed by atoms with E-state index in [9.17, 15) is 13.5 Å². The van der Waals surface area contributed by atoms with Crippen molar-refractivity contribution in [3.63, 3.8) is 0 Å². The van der Waals surface area contributed by atoms with Gasteiger partial charge in [-0.05, 0) is 32.6 Å². The predicted molar refractivity (Wildman–Crippen MR) is 88.0 cm³/mol. The number of hydrogen-bond acceptors (Lipinski definition) is 3. The third-order valence-corrected chi connectivity index (χ3v) is 4.50. The first kappa shape index (κ1) is 17.9. The number of rotatable bonds is 3. The van der Waals surface area contributed by atoms with E-state index in [1.165, 1.54) is 12.0 Å². The van der Waals surface area contributed by atoms with E-state index in [4.69, 9.17) is 0 Å². The largest absolute Gasteiger partial charge is 0.390 e. The van der Waals surface area contributed by atoms with Gasteiger partial charge in [0.2, 0.25) is 10.3 Å². The van der Waals surface area contributed by atoms with Crippen LogP contribution in [-0.4, -0.2) is 24.5 Å². The van der Waals surface area contributed by atoms with Gasteiger partial charge in [-0.25, -0.2) is 0 Å². The van der Waals surface area contributed by atoms with Crippen LogP contribution in [0, 0.1) is 12.8 Å². The Balaban J connectivity index is 0.000000262. The molecule has 1 aliphatic carbocycles. The van der Waals surface area contributed by atoms with Gasteiger partial charge in [0.25, 0.3) is 0 Å². The minimum Gasteiger partial charge on any atom is -0.390 e. The van der Waals surface area contributed by atoms with Gasteiger partial charge in [0.15, 0.2) is 0 Å². The Hall–Kier alpha value is -1.13. The minimum atomic E-state index is -2.15. The molecule has 0 aromatic heterocycles. The minimum absolute atomic E-state index is 0.244. The quantitative estimate of drug-likeness (QED) is 0.871. The van der Waals surface area contributed by atoms with Crippen molar-refractivity contribution in [1.82, 2.24) is 0 Å². The summed E-state index contributed by atoms with van der Waals surface area (Å²) in [4.78, 5) is 0. The van der Waals surface area contributed by atoms with Gasteiger partial charge in [-0.3, -0.25) is 0 Å². The van der Waals surface area contributed by atoms with E-state index in [1.54, 1.807) is 6.92 Å². The molecule has 0 heterocycles. The summed E-state index contributed by atoms with van der Waals surface area (Å²) in [7, 11) is -2.15. The highest BCUT2D eigenvalue weighted by atomic mass is 32.2. The molecule has 3 nitrogen and oxygen atoms in total. The molecule has 1 fully saturated rings. The van der Waals surface area contributed by atoms with Crippen LogP contribution in [-0.2, 0) is 10.3 Å². The van der Waals surface area contributed by atoms with Gasteiger partial charge >= 0.3 is 0 Å². The smallest absolute Gasteiger partial charge is 0.210 e. The lowest BCUT2D eigenvalue weighted by Gasteiger charge is -2.34. The summed E-state index contributed by atoms with van der Waals surface area (Å²) < 4.78 is 20.7. The Morgan fingerprint density at radius 3 is 2.19 bits per heavy atom. The molecule has 1 aromatic rings. The molecule has 2 rings (SSSR count). The summed E-state index contributed by atoms with van der Waals surface area (Å²) in [6.45, 7) is 3.83. The van der Waals surface area contributed by atoms with Crippen molar-refractivity contribution >= 4 is 15.7 Å². The van der Waals surface area contributed by atoms with Crippen molar-refractivity contribution in [3.8, 4) is 0 Å². The standard InChI is InChI=1S/C10H18O3S.C7H8/c1-10(11,7-8-14(12)13)9-5-3-2-4-6-9;1-7-5-3-2-4-6-7/h8-9,11H,2-7H2,1H3;2-6H,1H3. The van der Waals surface area contributed by atoms with Crippen molar-refractivity contribution in [2.45, 2.75) is 58.0 Å². The van der Waals surface area contributed by atoms with E-state index in [0.717, 1.165) is 31.1 Å². The van der Waals surface area contributed by atoms with Crippen LogP contribution >= 0.6 is 0 Å². The monoisotopic (exact) mass is 310 g/mol. The maximum absolute atomic E-state index is 10.4. The zero-order valence-electron chi connectivity index (χ0n) is 13.0. The zero-order chi connectivity index (χ0) is 15.7. The van der Waals surface area contributed by atoms with Crippen LogP contribution in [0.4, 0.5) is 0 Å². The van der Waals surface area contributed by atoms with Crippen molar-refractivity contribution in [2.75, 3.05) is 0 Å². The van der Waals surface area contributed by atoms with Crippen molar-refractivity contribution < 1.29 is 13.5 Å².